The van der Waals surface area contributed by atoms with Gasteiger partial charge >= 0.3 is 5.97 Å². The smallest absolute Gasteiger partial charge is 0.314 e. The molecule has 1 heterocycles. The van der Waals surface area contributed by atoms with E-state index in [-0.39, 0.29) is 25.4 Å². The summed E-state index contributed by atoms with van der Waals surface area (Å²) in [5.41, 5.74) is 1.56. The van der Waals surface area contributed by atoms with Gasteiger partial charge in [0.2, 0.25) is 5.76 Å². The fourth-order valence-electron chi connectivity index (χ4n) is 4.60. The van der Waals surface area contributed by atoms with Crippen LogP contribution in [0.5, 0.6) is 5.88 Å². The second kappa shape index (κ2) is 14.1. The molecule has 8 nitrogen and oxygen atoms in total. The monoisotopic (exact) mass is 594 g/mol. The van der Waals surface area contributed by atoms with Gasteiger partial charge in [0.25, 0.3) is 11.8 Å². The molecule has 0 aliphatic carbocycles. The maximum atomic E-state index is 14.4. The third-order valence-corrected chi connectivity index (χ3v) is 6.99. The van der Waals surface area contributed by atoms with Crippen LogP contribution in [0.2, 0.25) is 5.02 Å². The summed E-state index contributed by atoms with van der Waals surface area (Å²) < 4.78 is 30.7. The van der Waals surface area contributed by atoms with Crippen molar-refractivity contribution in [2.75, 3.05) is 13.2 Å². The molecule has 2 atom stereocenters. The van der Waals surface area contributed by atoms with Gasteiger partial charge in [-0.3, -0.25) is 9.59 Å². The molecule has 0 aliphatic heterocycles. The molecule has 1 unspecified atom stereocenters. The Morgan fingerprint density at radius 2 is 1.81 bits per heavy atom. The van der Waals surface area contributed by atoms with Crippen molar-refractivity contribution in [2.24, 2.45) is 5.41 Å². The number of hydrogen-bond donors (Lipinski definition) is 2. The van der Waals surface area contributed by atoms with E-state index < -0.39 is 35.0 Å². The van der Waals surface area contributed by atoms with Crippen molar-refractivity contribution in [1.29, 1.82) is 0 Å². The third-order valence-electron chi connectivity index (χ3n) is 6.76. The molecular formula is C32H32ClFN2O6. The number of esters is 1. The first kappa shape index (κ1) is 30.7. The second-order valence-corrected chi connectivity index (χ2v) is 10.6. The van der Waals surface area contributed by atoms with Gasteiger partial charge in [-0.05, 0) is 66.7 Å². The van der Waals surface area contributed by atoms with Gasteiger partial charge in [0, 0.05) is 23.2 Å². The van der Waals surface area contributed by atoms with Gasteiger partial charge in [0.15, 0.2) is 0 Å². The number of rotatable bonds is 13. The molecule has 4 aromatic rings. The van der Waals surface area contributed by atoms with Gasteiger partial charge in [0.1, 0.15) is 12.4 Å². The summed E-state index contributed by atoms with van der Waals surface area (Å²) in [5.74, 6) is -2.08. The molecule has 4 rings (SSSR count). The standard InChI is InChI=1S/C32H32ClFN2O6/c1-3-40-20-32(2,31(39)41-19-22-7-5-4-6-8-22)18-25(35-30(38)28-17-29(37)36-42-28)15-21-9-11-23(12-10-21)26-16-24(33)13-14-27(26)34/h4-14,16-17,25H,3,15,18-20H2,1-2H3,(H,35,38)(H,36,37)/t25-,32?/m1/s1. The zero-order valence-electron chi connectivity index (χ0n) is 23.3. The van der Waals surface area contributed by atoms with Gasteiger partial charge in [0.05, 0.1) is 18.1 Å². The maximum absolute atomic E-state index is 14.4. The van der Waals surface area contributed by atoms with Gasteiger partial charge in [-0.2, -0.15) is 0 Å². The van der Waals surface area contributed by atoms with Crippen molar-refractivity contribution < 1.29 is 33.1 Å². The van der Waals surface area contributed by atoms with E-state index >= 15 is 0 Å². The van der Waals surface area contributed by atoms with Crippen molar-refractivity contribution in [1.82, 2.24) is 10.5 Å². The molecule has 0 saturated heterocycles. The van der Waals surface area contributed by atoms with Crippen LogP contribution in [0.25, 0.3) is 11.1 Å². The summed E-state index contributed by atoms with van der Waals surface area (Å²) in [6.07, 6.45) is 0.481. The summed E-state index contributed by atoms with van der Waals surface area (Å²) in [5, 5.41) is 16.2. The lowest BCUT2D eigenvalue weighted by atomic mass is 9.82. The average Bonchev–Trinajstić information content (AvgIpc) is 3.43. The van der Waals surface area contributed by atoms with Crippen LogP contribution >= 0.6 is 11.6 Å². The molecule has 0 saturated carbocycles. The minimum atomic E-state index is -1.11. The molecule has 220 valence electrons. The van der Waals surface area contributed by atoms with Crippen molar-refractivity contribution in [3.63, 3.8) is 0 Å². The van der Waals surface area contributed by atoms with E-state index in [1.54, 1.807) is 25.1 Å². The average molecular weight is 595 g/mol. The van der Waals surface area contributed by atoms with Crippen LogP contribution in [-0.2, 0) is 27.3 Å². The number of amides is 1. The Morgan fingerprint density at radius 3 is 2.48 bits per heavy atom. The van der Waals surface area contributed by atoms with Crippen molar-refractivity contribution in [2.45, 2.75) is 39.3 Å². The lowest BCUT2D eigenvalue weighted by molar-refractivity contribution is -0.161. The molecule has 0 bridgehead atoms. The van der Waals surface area contributed by atoms with E-state index in [0.717, 1.165) is 17.2 Å². The minimum absolute atomic E-state index is 0.0690. The van der Waals surface area contributed by atoms with Crippen molar-refractivity contribution >= 4 is 23.5 Å². The third kappa shape index (κ3) is 8.18. The van der Waals surface area contributed by atoms with Crippen LogP contribution < -0.4 is 5.32 Å². The number of nitrogens with zero attached hydrogens (tertiary/aromatic N) is 1. The maximum Gasteiger partial charge on any atom is 0.314 e. The zero-order valence-corrected chi connectivity index (χ0v) is 24.1. The Kier molecular flexibility index (Phi) is 10.3. The number of hydrogen-bond acceptors (Lipinski definition) is 7. The van der Waals surface area contributed by atoms with Crippen LogP contribution in [-0.4, -0.2) is 41.4 Å². The summed E-state index contributed by atoms with van der Waals surface area (Å²) in [6, 6.07) is 21.4. The predicted octanol–water partition coefficient (Wildman–Crippen LogP) is 6.36. The van der Waals surface area contributed by atoms with Crippen LogP contribution in [0, 0.1) is 11.2 Å². The molecule has 1 amide bonds. The molecular weight excluding hydrogens is 563 g/mol. The fraction of sp³-hybridized carbons (Fsp3) is 0.281. The van der Waals surface area contributed by atoms with Gasteiger partial charge in [-0.1, -0.05) is 66.2 Å². The molecule has 0 fully saturated rings. The highest BCUT2D eigenvalue weighted by molar-refractivity contribution is 6.30. The number of ether oxygens (including phenoxy) is 2. The Labute approximate surface area is 248 Å². The number of nitrogens with one attached hydrogen (secondary N) is 1. The topological polar surface area (TPSA) is 111 Å². The summed E-state index contributed by atoms with van der Waals surface area (Å²) in [7, 11) is 0. The normalized spacial score (nSPS) is 13.2. The van der Waals surface area contributed by atoms with E-state index in [9.17, 15) is 19.1 Å². The Hall–Kier alpha value is -4.21. The SMILES string of the molecule is CCOCC(C)(C[C@@H](Cc1ccc(-c2cc(Cl)ccc2F)cc1)NC(=O)c1cc(O)no1)C(=O)OCc1ccccc1. The van der Waals surface area contributed by atoms with E-state index in [0.29, 0.717) is 29.2 Å². The fourth-order valence-corrected chi connectivity index (χ4v) is 4.77. The number of carbonyl (C=O) groups is 2. The first-order valence-corrected chi connectivity index (χ1v) is 13.8. The summed E-state index contributed by atoms with van der Waals surface area (Å²) >= 11 is 6.07. The molecule has 1 aromatic heterocycles. The van der Waals surface area contributed by atoms with Crippen LogP contribution in [0.15, 0.2) is 83.4 Å². The lowest BCUT2D eigenvalue weighted by Crippen LogP contribution is -2.45. The molecule has 2 N–H and O–H groups in total. The van der Waals surface area contributed by atoms with E-state index in [1.165, 1.54) is 12.1 Å². The molecule has 0 spiro atoms. The van der Waals surface area contributed by atoms with Crippen molar-refractivity contribution in [3.05, 3.63) is 107 Å². The van der Waals surface area contributed by atoms with Crippen LogP contribution in [0.4, 0.5) is 4.39 Å². The first-order valence-electron chi connectivity index (χ1n) is 13.5. The molecule has 10 heteroatoms. The number of aromatic nitrogens is 1. The van der Waals surface area contributed by atoms with Crippen molar-refractivity contribution in [3.8, 4) is 17.0 Å². The molecule has 0 aliphatic rings. The van der Waals surface area contributed by atoms with Crippen LogP contribution in [0.3, 0.4) is 0 Å². The lowest BCUT2D eigenvalue weighted by Gasteiger charge is -2.31. The zero-order chi connectivity index (χ0) is 30.1. The Bertz CT molecular complexity index is 1490. The largest absolute Gasteiger partial charge is 0.491 e. The van der Waals surface area contributed by atoms with Crippen LogP contribution in [0.1, 0.15) is 41.9 Å². The highest BCUT2D eigenvalue weighted by Gasteiger charge is 2.38. The van der Waals surface area contributed by atoms with Gasteiger partial charge in [-0.15, -0.1) is 0 Å². The van der Waals surface area contributed by atoms with E-state index in [2.05, 4.69) is 10.5 Å². The molecule has 42 heavy (non-hydrogen) atoms. The van der Waals surface area contributed by atoms with E-state index in [1.807, 2.05) is 49.4 Å². The molecule has 3 aromatic carbocycles. The van der Waals surface area contributed by atoms with Gasteiger partial charge < -0.3 is 24.4 Å². The Morgan fingerprint density at radius 1 is 1.07 bits per heavy atom. The Balaban J connectivity index is 1.57. The number of aromatic hydroxyl groups is 1. The predicted molar refractivity (Wildman–Crippen MR) is 155 cm³/mol. The number of halogens is 2. The molecule has 0 radical (unpaired) electrons. The van der Waals surface area contributed by atoms with E-state index in [4.69, 9.17) is 25.6 Å². The second-order valence-electron chi connectivity index (χ2n) is 10.2. The highest BCUT2D eigenvalue weighted by Crippen LogP contribution is 2.30. The summed E-state index contributed by atoms with van der Waals surface area (Å²) in [4.78, 5) is 26.4. The van der Waals surface area contributed by atoms with Gasteiger partial charge in [-0.25, -0.2) is 4.39 Å². The highest BCUT2D eigenvalue weighted by atomic mass is 35.5. The minimum Gasteiger partial charge on any atom is -0.491 e. The number of benzene rings is 3. The number of carbonyl (C=O) groups excluding carboxylic acids is 2. The summed E-state index contributed by atoms with van der Waals surface area (Å²) in [6.45, 7) is 4.12. The quantitative estimate of drug-likeness (QED) is 0.173. The first-order chi connectivity index (χ1) is 20.2.